The van der Waals surface area contributed by atoms with E-state index >= 15 is 0 Å². The topological polar surface area (TPSA) is 83.6 Å². The summed E-state index contributed by atoms with van der Waals surface area (Å²) in [7, 11) is -1.70. The molecule has 1 rings (SSSR count). The maximum absolute atomic E-state index is 11.0. The molecule has 0 aliphatic rings. The molecular formula is C11H16BNO4. The fourth-order valence-electron chi connectivity index (χ4n) is 1.99. The van der Waals surface area contributed by atoms with Crippen molar-refractivity contribution in [3.8, 4) is 0 Å². The fourth-order valence-corrected chi connectivity index (χ4v) is 1.99. The van der Waals surface area contributed by atoms with Crippen molar-refractivity contribution < 1.29 is 15.0 Å². The van der Waals surface area contributed by atoms with E-state index in [1.165, 1.54) is 12.1 Å². The van der Waals surface area contributed by atoms with Gasteiger partial charge in [-0.3, -0.25) is 10.1 Å². The molecule has 0 saturated carbocycles. The van der Waals surface area contributed by atoms with Gasteiger partial charge in [0.25, 0.3) is 5.69 Å². The van der Waals surface area contributed by atoms with Crippen molar-refractivity contribution in [2.45, 2.75) is 33.1 Å². The second-order valence-electron chi connectivity index (χ2n) is 5.07. The zero-order chi connectivity index (χ0) is 13.4. The lowest BCUT2D eigenvalue weighted by atomic mass is 9.67. The van der Waals surface area contributed by atoms with E-state index in [0.717, 1.165) is 0 Å². The third-order valence-corrected chi connectivity index (χ3v) is 2.65. The monoisotopic (exact) mass is 237 g/mol. The van der Waals surface area contributed by atoms with Crippen LogP contribution in [0.25, 0.3) is 0 Å². The standard InChI is InChI=1S/C11H16BNO4/c1-7-5-6-8(13(16)17)9(11(2,3)4)10(7)12(14)15/h5-6,14-15H,1-4H3. The molecule has 2 N–H and O–H groups in total. The summed E-state index contributed by atoms with van der Waals surface area (Å²) < 4.78 is 0. The van der Waals surface area contributed by atoms with Crippen LogP contribution in [0.4, 0.5) is 5.69 Å². The summed E-state index contributed by atoms with van der Waals surface area (Å²) in [6, 6.07) is 2.93. The highest BCUT2D eigenvalue weighted by Crippen LogP contribution is 2.30. The first-order chi connectivity index (χ1) is 7.66. The molecule has 0 spiro atoms. The Bertz CT molecular complexity index is 452. The van der Waals surface area contributed by atoms with Crippen molar-refractivity contribution >= 4 is 18.3 Å². The Labute approximate surface area is 100 Å². The Morgan fingerprint density at radius 1 is 1.29 bits per heavy atom. The third-order valence-electron chi connectivity index (χ3n) is 2.65. The van der Waals surface area contributed by atoms with Crippen molar-refractivity contribution in [3.05, 3.63) is 33.4 Å². The predicted molar refractivity (Wildman–Crippen MR) is 66.4 cm³/mol. The fraction of sp³-hybridized carbons (Fsp3) is 0.455. The lowest BCUT2D eigenvalue weighted by molar-refractivity contribution is -0.385. The van der Waals surface area contributed by atoms with Gasteiger partial charge in [0.1, 0.15) is 0 Å². The molecule has 0 radical (unpaired) electrons. The van der Waals surface area contributed by atoms with Crippen molar-refractivity contribution in [1.82, 2.24) is 0 Å². The predicted octanol–water partition coefficient (Wildman–Crippen LogP) is 0.881. The van der Waals surface area contributed by atoms with Crippen LogP contribution < -0.4 is 5.46 Å². The highest BCUT2D eigenvalue weighted by atomic mass is 16.6. The van der Waals surface area contributed by atoms with Crippen molar-refractivity contribution in [3.63, 3.8) is 0 Å². The van der Waals surface area contributed by atoms with Crippen LogP contribution in [-0.2, 0) is 5.41 Å². The lowest BCUT2D eigenvalue weighted by Crippen LogP contribution is -2.39. The van der Waals surface area contributed by atoms with E-state index in [2.05, 4.69) is 0 Å². The SMILES string of the molecule is Cc1ccc([N+](=O)[O-])c(C(C)(C)C)c1B(O)O. The summed E-state index contributed by atoms with van der Waals surface area (Å²) in [6.07, 6.45) is 0. The number of hydrogen-bond donors (Lipinski definition) is 2. The molecule has 0 amide bonds. The van der Waals surface area contributed by atoms with E-state index < -0.39 is 17.5 Å². The first kappa shape index (κ1) is 13.7. The van der Waals surface area contributed by atoms with E-state index in [1.807, 2.05) is 0 Å². The normalized spacial score (nSPS) is 11.4. The summed E-state index contributed by atoms with van der Waals surface area (Å²) in [5, 5.41) is 29.8. The molecule has 0 heterocycles. The molecule has 0 aliphatic heterocycles. The molecule has 6 heteroatoms. The number of nitro benzene ring substituents is 1. The van der Waals surface area contributed by atoms with Gasteiger partial charge in [0.15, 0.2) is 0 Å². The van der Waals surface area contributed by atoms with Crippen LogP contribution in [0.2, 0.25) is 0 Å². The maximum atomic E-state index is 11.0. The Balaban J connectivity index is 3.68. The second-order valence-corrected chi connectivity index (χ2v) is 5.07. The van der Waals surface area contributed by atoms with Crippen molar-refractivity contribution in [2.24, 2.45) is 0 Å². The minimum absolute atomic E-state index is 0.0776. The van der Waals surface area contributed by atoms with Gasteiger partial charge in [-0.15, -0.1) is 0 Å². The molecule has 17 heavy (non-hydrogen) atoms. The Morgan fingerprint density at radius 2 is 1.82 bits per heavy atom. The average Bonchev–Trinajstić information content (AvgIpc) is 2.14. The number of nitro groups is 1. The second kappa shape index (κ2) is 4.47. The minimum Gasteiger partial charge on any atom is -0.423 e. The molecule has 1 aromatic carbocycles. The Hall–Kier alpha value is -1.40. The molecule has 0 atom stereocenters. The Morgan fingerprint density at radius 3 is 2.18 bits per heavy atom. The van der Waals surface area contributed by atoms with Crippen molar-refractivity contribution in [1.29, 1.82) is 0 Å². The summed E-state index contributed by atoms with van der Waals surface area (Å²) in [5.74, 6) is 0. The first-order valence-electron chi connectivity index (χ1n) is 5.30. The zero-order valence-corrected chi connectivity index (χ0v) is 10.4. The molecule has 92 valence electrons. The van der Waals surface area contributed by atoms with Gasteiger partial charge < -0.3 is 10.0 Å². The quantitative estimate of drug-likeness (QED) is 0.454. The minimum atomic E-state index is -1.70. The van der Waals surface area contributed by atoms with E-state index in [4.69, 9.17) is 0 Å². The number of aryl methyl sites for hydroxylation is 1. The Kier molecular flexibility index (Phi) is 3.59. The van der Waals surface area contributed by atoms with E-state index in [-0.39, 0.29) is 11.2 Å². The largest absolute Gasteiger partial charge is 0.489 e. The van der Waals surface area contributed by atoms with Crippen LogP contribution in [0.5, 0.6) is 0 Å². The van der Waals surface area contributed by atoms with Gasteiger partial charge in [0.05, 0.1) is 4.92 Å². The van der Waals surface area contributed by atoms with Crippen LogP contribution in [0, 0.1) is 17.0 Å². The third kappa shape index (κ3) is 2.65. The summed E-state index contributed by atoms with van der Waals surface area (Å²) >= 11 is 0. The van der Waals surface area contributed by atoms with Gasteiger partial charge in [0.2, 0.25) is 0 Å². The highest BCUT2D eigenvalue weighted by molar-refractivity contribution is 6.60. The van der Waals surface area contributed by atoms with Crippen LogP contribution in [0.1, 0.15) is 31.9 Å². The van der Waals surface area contributed by atoms with Gasteiger partial charge in [-0.2, -0.15) is 0 Å². The van der Waals surface area contributed by atoms with Gasteiger partial charge in [-0.05, 0) is 17.8 Å². The van der Waals surface area contributed by atoms with E-state index in [0.29, 0.717) is 11.1 Å². The number of rotatable bonds is 2. The summed E-state index contributed by atoms with van der Waals surface area (Å²) in [5.41, 5.74) is 0.624. The van der Waals surface area contributed by atoms with Crippen LogP contribution in [0.3, 0.4) is 0 Å². The smallest absolute Gasteiger partial charge is 0.423 e. The van der Waals surface area contributed by atoms with Crippen LogP contribution >= 0.6 is 0 Å². The van der Waals surface area contributed by atoms with Crippen LogP contribution in [0.15, 0.2) is 12.1 Å². The molecule has 1 aromatic rings. The molecule has 5 nitrogen and oxygen atoms in total. The molecule has 0 saturated heterocycles. The summed E-state index contributed by atoms with van der Waals surface area (Å²) in [6.45, 7) is 7.12. The van der Waals surface area contributed by atoms with Gasteiger partial charge in [-0.1, -0.05) is 32.4 Å². The molecule has 0 unspecified atom stereocenters. The highest BCUT2D eigenvalue weighted by Gasteiger charge is 2.33. The number of hydrogen-bond acceptors (Lipinski definition) is 4. The molecule has 0 fully saturated rings. The average molecular weight is 237 g/mol. The lowest BCUT2D eigenvalue weighted by Gasteiger charge is -2.23. The number of benzene rings is 1. The van der Waals surface area contributed by atoms with Gasteiger partial charge in [0, 0.05) is 11.6 Å². The zero-order valence-electron chi connectivity index (χ0n) is 10.4. The van der Waals surface area contributed by atoms with Gasteiger partial charge in [-0.25, -0.2) is 0 Å². The van der Waals surface area contributed by atoms with E-state index in [1.54, 1.807) is 27.7 Å². The van der Waals surface area contributed by atoms with Crippen molar-refractivity contribution in [2.75, 3.05) is 0 Å². The molecule has 0 aliphatic carbocycles. The maximum Gasteiger partial charge on any atom is 0.489 e. The van der Waals surface area contributed by atoms with Crippen LogP contribution in [-0.4, -0.2) is 22.1 Å². The van der Waals surface area contributed by atoms with Gasteiger partial charge >= 0.3 is 7.12 Å². The molecular weight excluding hydrogens is 221 g/mol. The summed E-state index contributed by atoms with van der Waals surface area (Å²) in [4.78, 5) is 10.5. The molecule has 0 bridgehead atoms. The number of nitrogens with zero attached hydrogens (tertiary/aromatic N) is 1. The molecule has 0 aromatic heterocycles. The first-order valence-corrected chi connectivity index (χ1v) is 5.30. The van der Waals surface area contributed by atoms with E-state index in [9.17, 15) is 20.2 Å².